The SMILES string of the molecule is Cc1c(-c2ccc(S(C)(=O)=O)cc2)nc(NCc2ccccn2)nc1C(F)(F)F. The molecule has 152 valence electrons. The van der Waals surface area contributed by atoms with Crippen LogP contribution in [0, 0.1) is 6.92 Å². The third-order valence-electron chi connectivity index (χ3n) is 4.12. The molecule has 2 heterocycles. The minimum atomic E-state index is -4.67. The van der Waals surface area contributed by atoms with E-state index in [0.29, 0.717) is 11.3 Å². The first-order chi connectivity index (χ1) is 13.6. The number of benzene rings is 1. The number of nitrogens with zero attached hydrogens (tertiary/aromatic N) is 3. The fourth-order valence-electron chi connectivity index (χ4n) is 2.69. The Balaban J connectivity index is 2.03. The van der Waals surface area contributed by atoms with Gasteiger partial charge in [-0.25, -0.2) is 18.4 Å². The van der Waals surface area contributed by atoms with Crippen molar-refractivity contribution >= 4 is 15.8 Å². The summed E-state index contributed by atoms with van der Waals surface area (Å²) in [4.78, 5) is 12.0. The highest BCUT2D eigenvalue weighted by Gasteiger charge is 2.36. The fourth-order valence-corrected chi connectivity index (χ4v) is 3.32. The summed E-state index contributed by atoms with van der Waals surface area (Å²) in [5, 5.41) is 2.77. The molecule has 0 unspecified atom stereocenters. The molecule has 0 amide bonds. The lowest BCUT2D eigenvalue weighted by Gasteiger charge is -2.15. The molecule has 3 aromatic rings. The summed E-state index contributed by atoms with van der Waals surface area (Å²) < 4.78 is 63.7. The Morgan fingerprint density at radius 2 is 1.72 bits per heavy atom. The zero-order valence-corrected chi connectivity index (χ0v) is 16.3. The fraction of sp³-hybridized carbons (Fsp3) is 0.211. The van der Waals surface area contributed by atoms with Crippen LogP contribution in [0.25, 0.3) is 11.3 Å². The van der Waals surface area contributed by atoms with Crippen LogP contribution >= 0.6 is 0 Å². The molecule has 0 atom stereocenters. The van der Waals surface area contributed by atoms with Gasteiger partial charge >= 0.3 is 6.18 Å². The van der Waals surface area contributed by atoms with Gasteiger partial charge in [0.05, 0.1) is 22.8 Å². The van der Waals surface area contributed by atoms with E-state index in [9.17, 15) is 21.6 Å². The third kappa shape index (κ3) is 4.89. The standard InChI is InChI=1S/C19H17F3N4O2S/c1-12-16(13-6-8-15(9-7-13)29(2,27)28)25-18(26-17(12)19(20,21)22)24-11-14-5-3-4-10-23-14/h3-10H,11H2,1-2H3,(H,24,25,26). The van der Waals surface area contributed by atoms with Gasteiger partial charge in [0.15, 0.2) is 15.5 Å². The molecule has 10 heteroatoms. The van der Waals surface area contributed by atoms with Gasteiger partial charge in [0.1, 0.15) is 0 Å². The largest absolute Gasteiger partial charge is 0.433 e. The quantitative estimate of drug-likeness (QED) is 0.672. The van der Waals surface area contributed by atoms with E-state index in [4.69, 9.17) is 0 Å². The second-order valence-corrected chi connectivity index (χ2v) is 8.35. The number of alkyl halides is 3. The Hall–Kier alpha value is -3.01. The maximum atomic E-state index is 13.5. The molecule has 0 radical (unpaired) electrons. The summed E-state index contributed by atoms with van der Waals surface area (Å²) >= 11 is 0. The predicted molar refractivity (Wildman–Crippen MR) is 102 cm³/mol. The molecule has 1 N–H and O–H groups in total. The van der Waals surface area contributed by atoms with Crippen LogP contribution in [0.2, 0.25) is 0 Å². The summed E-state index contributed by atoms with van der Waals surface area (Å²) in [7, 11) is -3.42. The molecule has 1 aromatic carbocycles. The highest BCUT2D eigenvalue weighted by molar-refractivity contribution is 7.90. The van der Waals surface area contributed by atoms with Gasteiger partial charge in [-0.3, -0.25) is 4.98 Å². The van der Waals surface area contributed by atoms with Crippen LogP contribution in [0.1, 0.15) is 17.0 Å². The molecule has 0 spiro atoms. The van der Waals surface area contributed by atoms with Crippen LogP contribution in [0.4, 0.5) is 19.1 Å². The van der Waals surface area contributed by atoms with E-state index >= 15 is 0 Å². The number of hydrogen-bond donors (Lipinski definition) is 1. The third-order valence-corrected chi connectivity index (χ3v) is 5.25. The minimum absolute atomic E-state index is 0.0656. The van der Waals surface area contributed by atoms with E-state index in [1.54, 1.807) is 24.4 Å². The Bertz CT molecular complexity index is 1120. The molecule has 6 nitrogen and oxygen atoms in total. The highest BCUT2D eigenvalue weighted by Crippen LogP contribution is 2.35. The molecule has 0 fully saturated rings. The lowest BCUT2D eigenvalue weighted by atomic mass is 10.1. The minimum Gasteiger partial charge on any atom is -0.349 e. The lowest BCUT2D eigenvalue weighted by Crippen LogP contribution is -2.15. The first kappa shape index (κ1) is 20.7. The van der Waals surface area contributed by atoms with Crippen molar-refractivity contribution in [2.75, 3.05) is 11.6 Å². The van der Waals surface area contributed by atoms with E-state index in [-0.39, 0.29) is 28.6 Å². The summed E-state index contributed by atoms with van der Waals surface area (Å²) in [5.41, 5.74) is -0.171. The van der Waals surface area contributed by atoms with Crippen molar-refractivity contribution < 1.29 is 21.6 Å². The van der Waals surface area contributed by atoms with Crippen molar-refractivity contribution in [3.8, 4) is 11.3 Å². The monoisotopic (exact) mass is 422 g/mol. The van der Waals surface area contributed by atoms with Gasteiger partial charge < -0.3 is 5.32 Å². The molecule has 0 aliphatic rings. The maximum absolute atomic E-state index is 13.5. The Morgan fingerprint density at radius 1 is 1.03 bits per heavy atom. The van der Waals surface area contributed by atoms with Gasteiger partial charge in [0, 0.05) is 23.6 Å². The summed E-state index contributed by atoms with van der Waals surface area (Å²) in [6.45, 7) is 1.43. The zero-order valence-electron chi connectivity index (χ0n) is 15.5. The number of anilines is 1. The molecule has 3 rings (SSSR count). The molecule has 0 bridgehead atoms. The summed E-state index contributed by atoms with van der Waals surface area (Å²) in [5.74, 6) is -0.198. The number of hydrogen-bond acceptors (Lipinski definition) is 6. The molecule has 0 aliphatic carbocycles. The average Bonchev–Trinajstić information content (AvgIpc) is 2.66. The van der Waals surface area contributed by atoms with E-state index < -0.39 is 21.7 Å². The van der Waals surface area contributed by atoms with Gasteiger partial charge in [-0.2, -0.15) is 13.2 Å². The zero-order chi connectivity index (χ0) is 21.2. The number of nitrogens with one attached hydrogen (secondary N) is 1. The number of rotatable bonds is 5. The molecule has 0 saturated heterocycles. The molecule has 0 aliphatic heterocycles. The van der Waals surface area contributed by atoms with Crippen LogP contribution in [0.5, 0.6) is 0 Å². The molecule has 0 saturated carbocycles. The van der Waals surface area contributed by atoms with Crippen LogP contribution < -0.4 is 5.32 Å². The van der Waals surface area contributed by atoms with E-state index in [1.165, 1.54) is 31.2 Å². The van der Waals surface area contributed by atoms with Crippen molar-refractivity contribution in [2.45, 2.75) is 24.5 Å². The smallest absolute Gasteiger partial charge is 0.349 e. The topological polar surface area (TPSA) is 84.8 Å². The number of sulfone groups is 1. The lowest BCUT2D eigenvalue weighted by molar-refractivity contribution is -0.141. The van der Waals surface area contributed by atoms with Crippen LogP contribution in [0.3, 0.4) is 0 Å². The van der Waals surface area contributed by atoms with Gasteiger partial charge in [-0.15, -0.1) is 0 Å². The number of halogens is 3. The van der Waals surface area contributed by atoms with Gasteiger partial charge in [-0.1, -0.05) is 18.2 Å². The molecular formula is C19H17F3N4O2S. The van der Waals surface area contributed by atoms with Gasteiger partial charge in [-0.05, 0) is 31.2 Å². The van der Waals surface area contributed by atoms with Crippen LogP contribution in [-0.4, -0.2) is 29.6 Å². The van der Waals surface area contributed by atoms with Gasteiger partial charge in [0.2, 0.25) is 5.95 Å². The van der Waals surface area contributed by atoms with E-state index in [0.717, 1.165) is 6.26 Å². The normalized spacial score (nSPS) is 12.0. The molecule has 2 aromatic heterocycles. The summed E-state index contributed by atoms with van der Waals surface area (Å²) in [6.07, 6.45) is -2.04. The Kier molecular flexibility index (Phi) is 5.56. The highest BCUT2D eigenvalue weighted by atomic mass is 32.2. The molecule has 29 heavy (non-hydrogen) atoms. The predicted octanol–water partition coefficient (Wildman–Crippen LogP) is 3.88. The molecular weight excluding hydrogens is 405 g/mol. The number of pyridine rings is 1. The second kappa shape index (κ2) is 7.78. The second-order valence-electron chi connectivity index (χ2n) is 6.34. The van der Waals surface area contributed by atoms with E-state index in [1.807, 2.05) is 0 Å². The first-order valence-corrected chi connectivity index (χ1v) is 10.3. The summed E-state index contributed by atoms with van der Waals surface area (Å²) in [6, 6.07) is 10.7. The van der Waals surface area contributed by atoms with Crippen molar-refractivity contribution in [3.05, 3.63) is 65.6 Å². The Morgan fingerprint density at radius 3 is 2.28 bits per heavy atom. The first-order valence-electron chi connectivity index (χ1n) is 8.46. The van der Waals surface area contributed by atoms with Crippen molar-refractivity contribution in [3.63, 3.8) is 0 Å². The van der Waals surface area contributed by atoms with Crippen molar-refractivity contribution in [2.24, 2.45) is 0 Å². The van der Waals surface area contributed by atoms with Crippen molar-refractivity contribution in [1.82, 2.24) is 15.0 Å². The van der Waals surface area contributed by atoms with Gasteiger partial charge in [0.25, 0.3) is 0 Å². The average molecular weight is 422 g/mol. The van der Waals surface area contributed by atoms with Crippen molar-refractivity contribution in [1.29, 1.82) is 0 Å². The van der Waals surface area contributed by atoms with E-state index in [2.05, 4.69) is 20.3 Å². The van der Waals surface area contributed by atoms with Crippen LogP contribution in [0.15, 0.2) is 53.6 Å². The maximum Gasteiger partial charge on any atom is 0.433 e. The Labute approximate surface area is 165 Å². The number of aromatic nitrogens is 3. The van der Waals surface area contributed by atoms with Crippen LogP contribution in [-0.2, 0) is 22.6 Å².